The van der Waals surface area contributed by atoms with Crippen molar-refractivity contribution in [3.63, 3.8) is 0 Å². The SMILES string of the molecule is OCC1CC2(CCN(c3ccc(-c4ccc(OCc5ccccc5)nc4OCc4ccccc4)cc3)CC2)CO1. The van der Waals surface area contributed by atoms with Crippen molar-refractivity contribution in [2.24, 2.45) is 5.41 Å². The molecule has 2 aliphatic heterocycles. The Labute approximate surface area is 236 Å². The minimum Gasteiger partial charge on any atom is -0.473 e. The summed E-state index contributed by atoms with van der Waals surface area (Å²) in [6.45, 7) is 3.78. The number of rotatable bonds is 9. The highest BCUT2D eigenvalue weighted by atomic mass is 16.5. The zero-order valence-corrected chi connectivity index (χ0v) is 22.7. The van der Waals surface area contributed by atoms with Crippen molar-refractivity contribution < 1.29 is 19.3 Å². The van der Waals surface area contributed by atoms with Crippen LogP contribution in [0.25, 0.3) is 11.1 Å². The van der Waals surface area contributed by atoms with Crippen LogP contribution in [0.2, 0.25) is 0 Å². The predicted molar refractivity (Wildman–Crippen MR) is 157 cm³/mol. The smallest absolute Gasteiger partial charge is 0.225 e. The molecule has 3 heterocycles. The van der Waals surface area contributed by atoms with E-state index in [1.165, 1.54) is 5.69 Å². The fraction of sp³-hybridized carbons (Fsp3) is 0.324. The molecular weight excluding hydrogens is 500 g/mol. The molecule has 0 bridgehead atoms. The van der Waals surface area contributed by atoms with E-state index in [0.717, 1.165) is 61.2 Å². The lowest BCUT2D eigenvalue weighted by atomic mass is 9.76. The van der Waals surface area contributed by atoms with Gasteiger partial charge in [-0.3, -0.25) is 0 Å². The number of aromatic nitrogens is 1. The minimum absolute atomic E-state index is 0.00729. The monoisotopic (exact) mass is 536 g/mol. The third-order valence-corrected chi connectivity index (χ3v) is 8.14. The molecule has 3 aromatic carbocycles. The molecule has 2 fully saturated rings. The summed E-state index contributed by atoms with van der Waals surface area (Å²) in [6, 6.07) is 32.8. The van der Waals surface area contributed by atoms with Crippen LogP contribution in [0.3, 0.4) is 0 Å². The first kappa shape index (κ1) is 26.4. The molecule has 206 valence electrons. The van der Waals surface area contributed by atoms with Gasteiger partial charge in [-0.1, -0.05) is 72.8 Å². The van der Waals surface area contributed by atoms with E-state index in [4.69, 9.17) is 19.2 Å². The number of pyridine rings is 1. The summed E-state index contributed by atoms with van der Waals surface area (Å²) >= 11 is 0. The standard InChI is InChI=1S/C34H36N2O4/c37-22-30-21-34(25-40-30)17-19-36(20-18-34)29-13-11-28(12-14-29)31-15-16-32(38-23-26-7-3-1-4-8-26)35-33(31)39-24-27-9-5-2-6-10-27/h1-16,30,37H,17-25H2. The summed E-state index contributed by atoms with van der Waals surface area (Å²) in [4.78, 5) is 7.21. The van der Waals surface area contributed by atoms with Gasteiger partial charge in [-0.2, -0.15) is 4.98 Å². The second kappa shape index (κ2) is 12.1. The molecule has 0 amide bonds. The van der Waals surface area contributed by atoms with Crippen LogP contribution in [0.5, 0.6) is 11.8 Å². The fourth-order valence-electron chi connectivity index (χ4n) is 5.74. The van der Waals surface area contributed by atoms with Gasteiger partial charge in [-0.15, -0.1) is 0 Å². The maximum Gasteiger partial charge on any atom is 0.225 e. The molecule has 6 nitrogen and oxygen atoms in total. The third-order valence-electron chi connectivity index (χ3n) is 8.14. The molecule has 1 spiro atoms. The lowest BCUT2D eigenvalue weighted by molar-refractivity contribution is 0.0506. The number of aliphatic hydroxyl groups is 1. The minimum atomic E-state index is 0.00729. The molecule has 0 radical (unpaired) electrons. The quantitative estimate of drug-likeness (QED) is 0.272. The molecule has 1 N–H and O–H groups in total. The van der Waals surface area contributed by atoms with Gasteiger partial charge in [-0.25, -0.2) is 0 Å². The number of anilines is 1. The Hall–Kier alpha value is -3.87. The molecule has 4 aromatic rings. The summed E-state index contributed by atoms with van der Waals surface area (Å²) in [7, 11) is 0. The van der Waals surface area contributed by atoms with Crippen molar-refractivity contribution in [3.05, 3.63) is 108 Å². The molecule has 6 rings (SSSR count). The Bertz CT molecular complexity index is 1370. The molecular formula is C34H36N2O4. The average Bonchev–Trinajstić information content (AvgIpc) is 3.43. The van der Waals surface area contributed by atoms with E-state index in [1.54, 1.807) is 0 Å². The summed E-state index contributed by atoms with van der Waals surface area (Å²) in [6.07, 6.45) is 3.17. The van der Waals surface area contributed by atoms with E-state index in [0.29, 0.717) is 25.0 Å². The maximum atomic E-state index is 9.47. The van der Waals surface area contributed by atoms with Gasteiger partial charge in [0.25, 0.3) is 0 Å². The van der Waals surface area contributed by atoms with Crippen LogP contribution in [0.1, 0.15) is 30.4 Å². The van der Waals surface area contributed by atoms with Crippen LogP contribution < -0.4 is 14.4 Å². The van der Waals surface area contributed by atoms with Gasteiger partial charge in [0.15, 0.2) is 0 Å². The molecule has 2 saturated heterocycles. The van der Waals surface area contributed by atoms with E-state index in [1.807, 2.05) is 60.7 Å². The first-order valence-corrected chi connectivity index (χ1v) is 14.1. The highest BCUT2D eigenvalue weighted by molar-refractivity contribution is 5.71. The number of benzene rings is 3. The molecule has 1 atom stereocenters. The van der Waals surface area contributed by atoms with Gasteiger partial charge in [0.2, 0.25) is 11.8 Å². The van der Waals surface area contributed by atoms with Crippen molar-refractivity contribution >= 4 is 5.69 Å². The van der Waals surface area contributed by atoms with Crippen LogP contribution in [-0.2, 0) is 18.0 Å². The Morgan fingerprint density at radius 2 is 1.45 bits per heavy atom. The molecule has 1 aromatic heterocycles. The highest BCUT2D eigenvalue weighted by Crippen LogP contribution is 2.43. The van der Waals surface area contributed by atoms with Crippen molar-refractivity contribution in [2.45, 2.75) is 38.6 Å². The number of nitrogens with zero attached hydrogens (tertiary/aromatic N) is 2. The van der Waals surface area contributed by atoms with Gasteiger partial charge in [0.1, 0.15) is 13.2 Å². The van der Waals surface area contributed by atoms with Gasteiger partial charge in [-0.05, 0) is 59.6 Å². The van der Waals surface area contributed by atoms with Gasteiger partial charge < -0.3 is 24.2 Å². The molecule has 0 aliphatic carbocycles. The number of ether oxygens (including phenoxy) is 3. The first-order chi connectivity index (χ1) is 19.7. The number of hydrogen-bond donors (Lipinski definition) is 1. The largest absolute Gasteiger partial charge is 0.473 e. The summed E-state index contributed by atoms with van der Waals surface area (Å²) in [5.41, 5.74) is 5.61. The second-order valence-electron chi connectivity index (χ2n) is 10.9. The number of hydrogen-bond acceptors (Lipinski definition) is 6. The van der Waals surface area contributed by atoms with Crippen LogP contribution in [-0.4, -0.2) is 42.5 Å². The van der Waals surface area contributed by atoms with E-state index in [9.17, 15) is 5.11 Å². The van der Waals surface area contributed by atoms with E-state index in [-0.39, 0.29) is 18.1 Å². The maximum absolute atomic E-state index is 9.47. The zero-order valence-electron chi connectivity index (χ0n) is 22.7. The average molecular weight is 537 g/mol. The predicted octanol–water partition coefficient (Wildman–Crippen LogP) is 6.27. The number of aliphatic hydroxyl groups excluding tert-OH is 1. The summed E-state index contributed by atoms with van der Waals surface area (Å²) in [5, 5.41) is 9.47. The Morgan fingerprint density at radius 3 is 2.08 bits per heavy atom. The summed E-state index contributed by atoms with van der Waals surface area (Å²) < 4.78 is 18.1. The molecule has 0 saturated carbocycles. The normalized spacial score (nSPS) is 18.1. The van der Waals surface area contributed by atoms with Gasteiger partial charge >= 0.3 is 0 Å². The van der Waals surface area contributed by atoms with Crippen LogP contribution >= 0.6 is 0 Å². The Morgan fingerprint density at radius 1 is 0.800 bits per heavy atom. The van der Waals surface area contributed by atoms with E-state index < -0.39 is 0 Å². The van der Waals surface area contributed by atoms with Crippen molar-refractivity contribution in [3.8, 4) is 22.9 Å². The van der Waals surface area contributed by atoms with Gasteiger partial charge in [0.05, 0.1) is 19.3 Å². The Kier molecular flexibility index (Phi) is 7.98. The van der Waals surface area contributed by atoms with Crippen molar-refractivity contribution in [2.75, 3.05) is 31.2 Å². The van der Waals surface area contributed by atoms with Crippen LogP contribution in [0, 0.1) is 5.41 Å². The lowest BCUT2D eigenvalue weighted by Crippen LogP contribution is -2.40. The van der Waals surface area contributed by atoms with Crippen LogP contribution in [0.15, 0.2) is 97.1 Å². The first-order valence-electron chi connectivity index (χ1n) is 14.1. The molecule has 2 aliphatic rings. The van der Waals surface area contributed by atoms with Crippen molar-refractivity contribution in [1.29, 1.82) is 0 Å². The number of piperidine rings is 1. The second-order valence-corrected chi connectivity index (χ2v) is 10.9. The topological polar surface area (TPSA) is 64.1 Å². The van der Waals surface area contributed by atoms with Crippen LogP contribution in [0.4, 0.5) is 5.69 Å². The van der Waals surface area contributed by atoms with Crippen molar-refractivity contribution in [1.82, 2.24) is 4.98 Å². The highest BCUT2D eigenvalue weighted by Gasteiger charge is 2.42. The van der Waals surface area contributed by atoms with E-state index >= 15 is 0 Å². The van der Waals surface area contributed by atoms with E-state index in [2.05, 4.69) is 41.3 Å². The zero-order chi connectivity index (χ0) is 27.2. The van der Waals surface area contributed by atoms with Gasteiger partial charge in [0, 0.05) is 30.4 Å². The fourth-order valence-corrected chi connectivity index (χ4v) is 5.74. The third kappa shape index (κ3) is 6.14. The molecule has 40 heavy (non-hydrogen) atoms. The lowest BCUT2D eigenvalue weighted by Gasteiger charge is -2.39. The Balaban J connectivity index is 1.17. The molecule has 6 heteroatoms. The molecule has 1 unspecified atom stereocenters. The summed E-state index contributed by atoms with van der Waals surface area (Å²) in [5.74, 6) is 1.09.